The van der Waals surface area contributed by atoms with Gasteiger partial charge in [0.05, 0.1) is 27.8 Å². The summed E-state index contributed by atoms with van der Waals surface area (Å²) >= 11 is 5.87. The number of likely N-dealkylation sites (tertiary alicyclic amines) is 1. The average molecular weight is 403 g/mol. The molecule has 1 aliphatic heterocycles. The van der Waals surface area contributed by atoms with Crippen molar-refractivity contribution in [2.24, 2.45) is 5.41 Å². The van der Waals surface area contributed by atoms with Crippen molar-refractivity contribution in [2.75, 3.05) is 19.0 Å². The number of aromatic nitrogens is 2. The Morgan fingerprint density at radius 1 is 1.14 bits per heavy atom. The average Bonchev–Trinajstić information content (AvgIpc) is 2.68. The highest BCUT2D eigenvalue weighted by atomic mass is 35.5. The number of carbonyl (C=O) groups excluding carboxylic acids is 2. The molecule has 28 heavy (non-hydrogen) atoms. The number of carbonyl (C=O) groups is 2. The largest absolute Gasteiger partial charge is 0.353 e. The van der Waals surface area contributed by atoms with Crippen LogP contribution < -0.4 is 5.32 Å². The molecular weight excluding hydrogens is 376 g/mol. The van der Waals surface area contributed by atoms with Crippen molar-refractivity contribution in [1.29, 1.82) is 0 Å². The lowest BCUT2D eigenvalue weighted by molar-refractivity contribution is -0.129. The minimum atomic E-state index is -0.586. The van der Waals surface area contributed by atoms with E-state index in [1.807, 2.05) is 50.8 Å². The Hall–Kier alpha value is -2.21. The Morgan fingerprint density at radius 3 is 2.36 bits per heavy atom. The van der Waals surface area contributed by atoms with Crippen LogP contribution in [-0.4, -0.2) is 51.7 Å². The SMILES string of the molecule is Cc1nc2ccc(C(=O)N3CCC(NC(=O)C(C)(C)CCl)CC3)cc2nc1C. The van der Waals surface area contributed by atoms with Gasteiger partial charge in [-0.05, 0) is 58.7 Å². The van der Waals surface area contributed by atoms with Gasteiger partial charge in [-0.25, -0.2) is 9.97 Å². The highest BCUT2D eigenvalue weighted by molar-refractivity contribution is 6.19. The van der Waals surface area contributed by atoms with Gasteiger partial charge in [0, 0.05) is 30.6 Å². The lowest BCUT2D eigenvalue weighted by Gasteiger charge is -2.34. The smallest absolute Gasteiger partial charge is 0.253 e. The number of rotatable bonds is 4. The van der Waals surface area contributed by atoms with Crippen molar-refractivity contribution in [2.45, 2.75) is 46.6 Å². The van der Waals surface area contributed by atoms with Crippen LogP contribution in [0.15, 0.2) is 18.2 Å². The number of hydrogen-bond acceptors (Lipinski definition) is 4. The first kappa shape index (κ1) is 20.5. The van der Waals surface area contributed by atoms with Crippen molar-refractivity contribution < 1.29 is 9.59 Å². The quantitative estimate of drug-likeness (QED) is 0.796. The number of aryl methyl sites for hydroxylation is 2. The molecule has 0 unspecified atom stereocenters. The third-order valence-corrected chi connectivity index (χ3v) is 6.06. The monoisotopic (exact) mass is 402 g/mol. The fraction of sp³-hybridized carbons (Fsp3) is 0.524. The molecule has 1 saturated heterocycles. The second kappa shape index (κ2) is 8.03. The molecular formula is C21H27ClN4O2. The second-order valence-electron chi connectivity index (χ2n) is 8.16. The molecule has 1 aromatic heterocycles. The van der Waals surface area contributed by atoms with Crippen molar-refractivity contribution in [3.8, 4) is 0 Å². The van der Waals surface area contributed by atoms with Gasteiger partial charge in [-0.3, -0.25) is 9.59 Å². The maximum atomic E-state index is 12.9. The summed E-state index contributed by atoms with van der Waals surface area (Å²) in [6.07, 6.45) is 1.48. The highest BCUT2D eigenvalue weighted by Crippen LogP contribution is 2.21. The molecule has 150 valence electrons. The molecule has 2 aromatic rings. The number of nitrogens with one attached hydrogen (secondary N) is 1. The van der Waals surface area contributed by atoms with Crippen molar-refractivity contribution in [3.05, 3.63) is 35.2 Å². The Morgan fingerprint density at radius 2 is 1.75 bits per heavy atom. The molecule has 6 nitrogen and oxygen atoms in total. The zero-order valence-corrected chi connectivity index (χ0v) is 17.6. The van der Waals surface area contributed by atoms with E-state index in [-0.39, 0.29) is 23.7 Å². The fourth-order valence-corrected chi connectivity index (χ4v) is 3.34. The predicted octanol–water partition coefficient (Wildman–Crippen LogP) is 3.23. The summed E-state index contributed by atoms with van der Waals surface area (Å²) in [5.41, 5.74) is 3.33. The van der Waals surface area contributed by atoms with Gasteiger partial charge < -0.3 is 10.2 Å². The number of benzene rings is 1. The molecule has 1 aliphatic rings. The van der Waals surface area contributed by atoms with E-state index in [1.165, 1.54) is 0 Å². The van der Waals surface area contributed by atoms with Gasteiger partial charge in [-0.1, -0.05) is 0 Å². The van der Waals surface area contributed by atoms with Gasteiger partial charge in [-0.2, -0.15) is 0 Å². The normalized spacial score (nSPS) is 15.7. The minimum absolute atomic E-state index is 0.00667. The van der Waals surface area contributed by atoms with E-state index in [0.29, 0.717) is 18.7 Å². The van der Waals surface area contributed by atoms with Crippen LogP contribution in [0.25, 0.3) is 11.0 Å². The Kier molecular flexibility index (Phi) is 5.89. The molecule has 1 N–H and O–H groups in total. The summed E-state index contributed by atoms with van der Waals surface area (Å²) in [6.45, 7) is 8.74. The molecule has 7 heteroatoms. The van der Waals surface area contributed by atoms with Crippen LogP contribution >= 0.6 is 11.6 Å². The van der Waals surface area contributed by atoms with Crippen LogP contribution in [0, 0.1) is 19.3 Å². The van der Waals surface area contributed by atoms with E-state index in [2.05, 4.69) is 15.3 Å². The summed E-state index contributed by atoms with van der Waals surface area (Å²) in [7, 11) is 0. The molecule has 0 atom stereocenters. The number of piperidine rings is 1. The molecule has 2 heterocycles. The van der Waals surface area contributed by atoms with Gasteiger partial charge in [0.15, 0.2) is 0 Å². The van der Waals surface area contributed by atoms with E-state index in [0.717, 1.165) is 35.3 Å². The number of hydrogen-bond donors (Lipinski definition) is 1. The Labute approximate surface area is 170 Å². The van der Waals surface area contributed by atoms with Gasteiger partial charge in [0.2, 0.25) is 5.91 Å². The Bertz CT molecular complexity index is 905. The van der Waals surface area contributed by atoms with Crippen LogP contribution in [0.3, 0.4) is 0 Å². The van der Waals surface area contributed by atoms with Crippen molar-refractivity contribution in [3.63, 3.8) is 0 Å². The minimum Gasteiger partial charge on any atom is -0.353 e. The summed E-state index contributed by atoms with van der Waals surface area (Å²) in [5, 5.41) is 3.07. The molecule has 1 aromatic carbocycles. The number of halogens is 1. The topological polar surface area (TPSA) is 75.2 Å². The standard InChI is InChI=1S/C21H27ClN4O2/c1-13-14(2)24-18-11-15(5-6-17(18)23-13)19(27)26-9-7-16(8-10-26)25-20(28)21(3,4)12-22/h5-6,11,16H,7-10,12H2,1-4H3,(H,25,28). The zero-order chi connectivity index (χ0) is 20.5. The second-order valence-corrected chi connectivity index (χ2v) is 8.42. The van der Waals surface area contributed by atoms with E-state index in [1.54, 1.807) is 0 Å². The summed E-state index contributed by atoms with van der Waals surface area (Å²) < 4.78 is 0. The summed E-state index contributed by atoms with van der Waals surface area (Å²) in [4.78, 5) is 36.1. The first-order valence-electron chi connectivity index (χ1n) is 9.62. The molecule has 0 aliphatic carbocycles. The van der Waals surface area contributed by atoms with E-state index in [9.17, 15) is 9.59 Å². The predicted molar refractivity (Wildman–Crippen MR) is 111 cm³/mol. The molecule has 0 spiro atoms. The van der Waals surface area contributed by atoms with Crippen LogP contribution in [0.2, 0.25) is 0 Å². The number of alkyl halides is 1. The zero-order valence-electron chi connectivity index (χ0n) is 16.9. The van der Waals surface area contributed by atoms with E-state index in [4.69, 9.17) is 11.6 Å². The summed E-state index contributed by atoms with van der Waals surface area (Å²) in [6, 6.07) is 5.55. The first-order valence-corrected chi connectivity index (χ1v) is 10.2. The van der Waals surface area contributed by atoms with Gasteiger partial charge in [0.1, 0.15) is 0 Å². The number of nitrogens with zero attached hydrogens (tertiary/aromatic N) is 3. The molecule has 1 fully saturated rings. The lowest BCUT2D eigenvalue weighted by atomic mass is 9.93. The van der Waals surface area contributed by atoms with Crippen LogP contribution in [0.1, 0.15) is 48.4 Å². The van der Waals surface area contributed by atoms with Crippen LogP contribution in [-0.2, 0) is 4.79 Å². The molecule has 0 saturated carbocycles. The number of amides is 2. The summed E-state index contributed by atoms with van der Waals surface area (Å²) in [5.74, 6) is 0.235. The molecule has 3 rings (SSSR count). The van der Waals surface area contributed by atoms with Crippen LogP contribution in [0.5, 0.6) is 0 Å². The Balaban J connectivity index is 1.64. The van der Waals surface area contributed by atoms with E-state index < -0.39 is 5.41 Å². The molecule has 0 bridgehead atoms. The van der Waals surface area contributed by atoms with Gasteiger partial charge in [-0.15, -0.1) is 11.6 Å². The van der Waals surface area contributed by atoms with Crippen LogP contribution in [0.4, 0.5) is 0 Å². The van der Waals surface area contributed by atoms with Gasteiger partial charge in [0.25, 0.3) is 5.91 Å². The van der Waals surface area contributed by atoms with Crippen molar-refractivity contribution in [1.82, 2.24) is 20.2 Å². The first-order chi connectivity index (χ1) is 13.2. The maximum Gasteiger partial charge on any atom is 0.253 e. The lowest BCUT2D eigenvalue weighted by Crippen LogP contribution is -2.49. The van der Waals surface area contributed by atoms with Gasteiger partial charge >= 0.3 is 0 Å². The third kappa shape index (κ3) is 4.27. The number of fused-ring (bicyclic) bond motifs is 1. The maximum absolute atomic E-state index is 12.9. The fourth-order valence-electron chi connectivity index (χ4n) is 3.21. The van der Waals surface area contributed by atoms with E-state index >= 15 is 0 Å². The molecule has 2 amide bonds. The molecule has 0 radical (unpaired) electrons. The third-order valence-electron chi connectivity index (χ3n) is 5.39. The van der Waals surface area contributed by atoms with Crippen molar-refractivity contribution >= 4 is 34.4 Å². The highest BCUT2D eigenvalue weighted by Gasteiger charge is 2.30.